The van der Waals surface area contributed by atoms with Gasteiger partial charge in [-0.1, -0.05) is 20.8 Å². The van der Waals surface area contributed by atoms with Crippen molar-refractivity contribution in [3.05, 3.63) is 92.3 Å². The molecule has 14 heteroatoms. The summed E-state index contributed by atoms with van der Waals surface area (Å²) in [7, 11) is 1.57. The second-order valence-electron chi connectivity index (χ2n) is 12.4. The third-order valence-corrected chi connectivity index (χ3v) is 8.13. The predicted octanol–water partition coefficient (Wildman–Crippen LogP) is 4.10. The number of alkyl halides is 2. The molecule has 1 aliphatic heterocycles. The molecule has 0 bridgehead atoms. The quantitative estimate of drug-likeness (QED) is 0.275. The van der Waals surface area contributed by atoms with Crippen LogP contribution in [0, 0.1) is 5.82 Å². The lowest BCUT2D eigenvalue weighted by molar-refractivity contribution is 0.0737. The summed E-state index contributed by atoms with van der Waals surface area (Å²) in [6.45, 7) is 6.15. The average Bonchev–Trinajstić information content (AvgIpc) is 3.39. The maximum absolute atomic E-state index is 15.3. The molecule has 0 saturated carbocycles. The van der Waals surface area contributed by atoms with Crippen LogP contribution in [-0.2, 0) is 32.2 Å². The van der Waals surface area contributed by atoms with E-state index in [0.29, 0.717) is 42.0 Å². The smallest absolute Gasteiger partial charge is 0.283 e. The SMILES string of the molecule is Cn1cc(-c2ccnc(-n3ncc4cc(C(C)(C)C)cc(F)c4c3=O)c2CO)cc(Nc2cc3n(n2)CCN(CC(F)F)C3)c1=O. The van der Waals surface area contributed by atoms with Crippen LogP contribution in [0.3, 0.4) is 0 Å². The molecule has 0 radical (unpaired) electrons. The van der Waals surface area contributed by atoms with Crippen molar-refractivity contribution in [2.45, 2.75) is 52.3 Å². The van der Waals surface area contributed by atoms with E-state index in [-0.39, 0.29) is 40.0 Å². The number of nitrogens with zero attached hydrogens (tertiary/aromatic N) is 7. The highest BCUT2D eigenvalue weighted by Gasteiger charge is 2.23. The topological polar surface area (TPSA) is 123 Å². The first-order valence-electron chi connectivity index (χ1n) is 14.7. The molecule has 11 nitrogen and oxygen atoms in total. The minimum Gasteiger partial charge on any atom is -0.392 e. The monoisotopic (exact) mass is 634 g/mol. The Hall–Kier alpha value is -4.82. The lowest BCUT2D eigenvalue weighted by Crippen LogP contribution is -2.36. The lowest BCUT2D eigenvalue weighted by atomic mass is 9.86. The molecule has 0 fully saturated rings. The molecule has 1 aromatic carbocycles. The number of nitrogens with one attached hydrogen (secondary N) is 1. The Morgan fingerprint density at radius 1 is 1.09 bits per heavy atom. The summed E-state index contributed by atoms with van der Waals surface area (Å²) in [5.74, 6) is -0.282. The van der Waals surface area contributed by atoms with Gasteiger partial charge in [-0.15, -0.1) is 0 Å². The predicted molar refractivity (Wildman–Crippen MR) is 167 cm³/mol. The fourth-order valence-corrected chi connectivity index (χ4v) is 5.73. The minimum atomic E-state index is -2.44. The van der Waals surface area contributed by atoms with E-state index < -0.39 is 24.4 Å². The van der Waals surface area contributed by atoms with Gasteiger partial charge in [-0.3, -0.25) is 19.2 Å². The van der Waals surface area contributed by atoms with E-state index in [1.165, 1.54) is 23.0 Å². The van der Waals surface area contributed by atoms with Crippen LogP contribution in [-0.4, -0.2) is 58.6 Å². The van der Waals surface area contributed by atoms with Crippen LogP contribution in [0.2, 0.25) is 0 Å². The fourth-order valence-electron chi connectivity index (χ4n) is 5.73. The fraction of sp³-hybridized carbons (Fsp3) is 0.344. The Balaban J connectivity index is 1.38. The van der Waals surface area contributed by atoms with Crippen LogP contribution in [0.15, 0.2) is 58.5 Å². The number of aryl methyl sites for hydroxylation is 1. The molecule has 5 aromatic rings. The molecule has 46 heavy (non-hydrogen) atoms. The third-order valence-electron chi connectivity index (χ3n) is 8.13. The summed E-state index contributed by atoms with van der Waals surface area (Å²) in [5, 5.41) is 22.5. The highest BCUT2D eigenvalue weighted by molar-refractivity contribution is 5.83. The molecule has 0 saturated heterocycles. The molecular weight excluding hydrogens is 601 g/mol. The van der Waals surface area contributed by atoms with Gasteiger partial charge in [0.05, 0.1) is 37.0 Å². The Kier molecular flexibility index (Phi) is 8.02. The maximum Gasteiger partial charge on any atom is 0.283 e. The zero-order valence-corrected chi connectivity index (χ0v) is 25.8. The van der Waals surface area contributed by atoms with Gasteiger partial charge >= 0.3 is 0 Å². The minimum absolute atomic E-state index is 0.0182. The molecule has 4 aromatic heterocycles. The standard InChI is InChI=1S/C32H33F3N8O3/c1-32(2,3)20-9-18-13-37-43(31(46)28(18)24(33)11-20)29-23(17-44)22(5-6-36-29)19-10-25(30(45)40(4)14-19)38-27-12-21-15-41(16-26(34)35)7-8-42(21)39-27/h5-6,9-14,26,44H,7-8,15-17H2,1-4H3,(H,38,39). The first kappa shape index (κ1) is 31.2. The maximum atomic E-state index is 15.3. The van der Waals surface area contributed by atoms with E-state index >= 15 is 4.39 Å². The van der Waals surface area contributed by atoms with Crippen LogP contribution >= 0.6 is 0 Å². The van der Waals surface area contributed by atoms with Crippen LogP contribution in [0.1, 0.15) is 37.6 Å². The molecule has 0 amide bonds. The molecule has 1 aliphatic rings. The van der Waals surface area contributed by atoms with Crippen LogP contribution < -0.4 is 16.4 Å². The second kappa shape index (κ2) is 11.8. The normalized spacial score (nSPS) is 13.8. The summed E-state index contributed by atoms with van der Waals surface area (Å²) >= 11 is 0. The lowest BCUT2D eigenvalue weighted by Gasteiger charge is -2.26. The zero-order valence-electron chi connectivity index (χ0n) is 25.8. The van der Waals surface area contributed by atoms with Crippen LogP contribution in [0.4, 0.5) is 24.7 Å². The summed E-state index contributed by atoms with van der Waals surface area (Å²) in [4.78, 5) is 32.7. The first-order valence-corrected chi connectivity index (χ1v) is 14.7. The number of hydrogen-bond donors (Lipinski definition) is 2. The summed E-state index contributed by atoms with van der Waals surface area (Å²) < 4.78 is 45.2. The van der Waals surface area contributed by atoms with Crippen molar-refractivity contribution in [3.8, 4) is 16.9 Å². The molecular formula is C32H33F3N8O3. The van der Waals surface area contributed by atoms with Gasteiger partial charge in [0, 0.05) is 55.1 Å². The van der Waals surface area contributed by atoms with Gasteiger partial charge in [0.15, 0.2) is 11.6 Å². The van der Waals surface area contributed by atoms with Gasteiger partial charge in [-0.2, -0.15) is 14.9 Å². The number of aromatic nitrogens is 6. The summed E-state index contributed by atoms with van der Waals surface area (Å²) in [6, 6.07) is 8.03. The molecule has 0 spiro atoms. The number of halogens is 3. The van der Waals surface area contributed by atoms with E-state index in [1.807, 2.05) is 20.8 Å². The Bertz CT molecular complexity index is 2080. The van der Waals surface area contributed by atoms with Gasteiger partial charge in [0.25, 0.3) is 17.5 Å². The van der Waals surface area contributed by atoms with Crippen molar-refractivity contribution in [3.63, 3.8) is 0 Å². The largest absolute Gasteiger partial charge is 0.392 e. The van der Waals surface area contributed by atoms with Gasteiger partial charge in [0.1, 0.15) is 11.5 Å². The zero-order chi connectivity index (χ0) is 32.9. The van der Waals surface area contributed by atoms with Gasteiger partial charge < -0.3 is 15.0 Å². The van der Waals surface area contributed by atoms with Crippen molar-refractivity contribution < 1.29 is 18.3 Å². The Morgan fingerprint density at radius 2 is 1.87 bits per heavy atom. The van der Waals surface area contributed by atoms with E-state index in [9.17, 15) is 23.5 Å². The van der Waals surface area contributed by atoms with E-state index in [2.05, 4.69) is 20.5 Å². The molecule has 0 atom stereocenters. The van der Waals surface area contributed by atoms with Gasteiger partial charge in [-0.05, 0) is 40.8 Å². The van der Waals surface area contributed by atoms with Gasteiger partial charge in [-0.25, -0.2) is 18.2 Å². The van der Waals surface area contributed by atoms with Crippen molar-refractivity contribution in [1.82, 2.24) is 34.0 Å². The molecule has 6 rings (SSSR count). The number of benzene rings is 1. The van der Waals surface area contributed by atoms with Crippen LogP contribution in [0.5, 0.6) is 0 Å². The average molecular weight is 635 g/mol. The Morgan fingerprint density at radius 3 is 2.59 bits per heavy atom. The third kappa shape index (κ3) is 5.81. The Labute approximate surface area is 261 Å². The number of pyridine rings is 2. The van der Waals surface area contributed by atoms with E-state index in [0.717, 1.165) is 15.9 Å². The number of hydrogen-bond acceptors (Lipinski definition) is 8. The molecule has 0 aliphatic carbocycles. The number of rotatable bonds is 7. The van der Waals surface area contributed by atoms with Crippen molar-refractivity contribution in [2.75, 3.05) is 18.4 Å². The number of aliphatic hydroxyl groups excluding tert-OH is 1. The second-order valence-corrected chi connectivity index (χ2v) is 12.4. The van der Waals surface area contributed by atoms with E-state index in [4.69, 9.17) is 0 Å². The first-order chi connectivity index (χ1) is 21.8. The summed E-state index contributed by atoms with van der Waals surface area (Å²) in [5.41, 5.74) is 1.43. The van der Waals surface area contributed by atoms with Crippen molar-refractivity contribution >= 4 is 22.3 Å². The van der Waals surface area contributed by atoms with Gasteiger partial charge in [0.2, 0.25) is 0 Å². The molecule has 240 valence electrons. The number of fused-ring (bicyclic) bond motifs is 2. The molecule has 0 unspecified atom stereocenters. The van der Waals surface area contributed by atoms with E-state index in [1.54, 1.807) is 47.1 Å². The highest BCUT2D eigenvalue weighted by Crippen LogP contribution is 2.30. The van der Waals surface area contributed by atoms with Crippen molar-refractivity contribution in [2.24, 2.45) is 7.05 Å². The molecule has 5 heterocycles. The number of aliphatic hydroxyl groups is 1. The van der Waals surface area contributed by atoms with Crippen molar-refractivity contribution in [1.29, 1.82) is 0 Å². The van der Waals surface area contributed by atoms with Crippen LogP contribution in [0.25, 0.3) is 27.7 Å². The number of anilines is 2. The molecule has 2 N–H and O–H groups in total. The highest BCUT2D eigenvalue weighted by atomic mass is 19.3. The summed E-state index contributed by atoms with van der Waals surface area (Å²) in [6.07, 6.45) is 1.98.